The maximum Gasteiger partial charge on any atom is 0.293 e. The van der Waals surface area contributed by atoms with Crippen molar-refractivity contribution in [2.24, 2.45) is 5.92 Å². The van der Waals surface area contributed by atoms with Crippen molar-refractivity contribution in [1.82, 2.24) is 9.97 Å². The van der Waals surface area contributed by atoms with Gasteiger partial charge in [-0.2, -0.15) is 0 Å². The predicted molar refractivity (Wildman–Crippen MR) is 234 cm³/mol. The van der Waals surface area contributed by atoms with Gasteiger partial charge in [0.15, 0.2) is 5.82 Å². The average Bonchev–Trinajstić information content (AvgIpc) is 3.23. The van der Waals surface area contributed by atoms with E-state index < -0.39 is 14.9 Å². The summed E-state index contributed by atoms with van der Waals surface area (Å²) in [5, 5.41) is 16.1. The number of hydrogen-bond acceptors (Lipinski definition) is 10. The fraction of sp³-hybridized carbons (Fsp3) is 0.289. The molecular weight excluding hydrogens is 769 g/mol. The molecule has 2 N–H and O–H groups in total. The smallest absolute Gasteiger partial charge is 0.293 e. The molecule has 0 amide bonds. The highest BCUT2D eigenvalue weighted by Crippen LogP contribution is 2.37. The third kappa shape index (κ3) is 9.61. The average molecular weight is 817 g/mol. The fourth-order valence-corrected chi connectivity index (χ4v) is 9.69. The highest BCUT2D eigenvalue weighted by molar-refractivity contribution is 7.99. The van der Waals surface area contributed by atoms with Gasteiger partial charge in [-0.1, -0.05) is 86.6 Å². The largest absolute Gasteiger partial charge is 0.378 e. The fourth-order valence-electron chi connectivity index (χ4n) is 7.68. The number of methoxy groups -OCH3 is 1. The van der Waals surface area contributed by atoms with E-state index in [0.717, 1.165) is 55.4 Å². The summed E-state index contributed by atoms with van der Waals surface area (Å²) in [4.78, 5) is 23.6. The lowest BCUT2D eigenvalue weighted by atomic mass is 9.82. The highest BCUT2D eigenvalue weighted by Gasteiger charge is 2.36. The van der Waals surface area contributed by atoms with Gasteiger partial charge in [-0.15, -0.1) is 11.8 Å². The molecule has 0 saturated carbocycles. The van der Waals surface area contributed by atoms with Crippen molar-refractivity contribution in [3.63, 3.8) is 0 Å². The van der Waals surface area contributed by atoms with E-state index in [0.29, 0.717) is 22.6 Å². The Balaban J connectivity index is 1.05. The predicted octanol–water partition coefficient (Wildman–Crippen LogP) is 9.85. The van der Waals surface area contributed by atoms with Crippen molar-refractivity contribution in [3.05, 3.63) is 143 Å². The van der Waals surface area contributed by atoms with Crippen LogP contribution in [-0.4, -0.2) is 60.9 Å². The number of fused-ring (bicyclic) bond motifs is 1. The monoisotopic (exact) mass is 816 g/mol. The van der Waals surface area contributed by atoms with Gasteiger partial charge in [-0.25, -0.2) is 18.4 Å². The van der Waals surface area contributed by atoms with Crippen LogP contribution in [0.2, 0.25) is 0 Å². The standard InChI is InChI=1S/C45H48N6O5S2/c1-32(2)26-35(30-57-37-15-8-5-9-16-37)48-41-21-19-38(28-43(41)51(52)53)58(54,55)49-44-40-20-18-36(27-42(40)46-31-47-44)50-24-22-45(56-3,23-25-50)29-34-14-10-11-17-39(34)33-12-6-4-7-13-33/h4-21,27-28,31-32,35,48H,22-26,29-30H2,1-3H3,(H,46,47,49). The second-order valence-corrected chi connectivity index (χ2v) is 17.9. The summed E-state index contributed by atoms with van der Waals surface area (Å²) in [5.41, 5.74) is 4.83. The van der Waals surface area contributed by atoms with E-state index in [4.69, 9.17) is 4.74 Å². The first-order valence-corrected chi connectivity index (χ1v) is 21.9. The quantitative estimate of drug-likeness (QED) is 0.0551. The molecule has 0 bridgehead atoms. The molecule has 1 aliphatic heterocycles. The molecule has 2 heterocycles. The molecular formula is C45H48N6O5S2. The molecule has 1 aliphatic rings. The summed E-state index contributed by atoms with van der Waals surface area (Å²) in [5.74, 6) is 1.11. The molecule has 13 heteroatoms. The molecule has 0 aliphatic carbocycles. The van der Waals surface area contributed by atoms with Crippen LogP contribution in [0.15, 0.2) is 137 Å². The molecule has 7 rings (SSSR count). The van der Waals surface area contributed by atoms with E-state index in [9.17, 15) is 18.5 Å². The van der Waals surface area contributed by atoms with Gasteiger partial charge in [0.25, 0.3) is 15.7 Å². The number of benzene rings is 5. The van der Waals surface area contributed by atoms with Gasteiger partial charge >= 0.3 is 0 Å². The molecule has 1 aromatic heterocycles. The number of nitrogens with zero attached hydrogens (tertiary/aromatic N) is 4. The van der Waals surface area contributed by atoms with Crippen LogP contribution in [0.1, 0.15) is 38.7 Å². The number of anilines is 3. The van der Waals surface area contributed by atoms with E-state index in [-0.39, 0.29) is 33.7 Å². The Bertz CT molecular complexity index is 2460. The Labute approximate surface area is 344 Å². The van der Waals surface area contributed by atoms with E-state index in [1.54, 1.807) is 18.9 Å². The Morgan fingerprint density at radius 3 is 2.31 bits per heavy atom. The third-order valence-corrected chi connectivity index (χ3v) is 13.2. The molecule has 5 aromatic carbocycles. The summed E-state index contributed by atoms with van der Waals surface area (Å²) in [6, 6.07) is 38.5. The van der Waals surface area contributed by atoms with Gasteiger partial charge < -0.3 is 15.0 Å². The lowest BCUT2D eigenvalue weighted by Gasteiger charge is -2.42. The molecule has 1 fully saturated rings. The van der Waals surface area contributed by atoms with Crippen molar-refractivity contribution in [1.29, 1.82) is 0 Å². The Morgan fingerprint density at radius 1 is 0.897 bits per heavy atom. The lowest BCUT2D eigenvalue weighted by molar-refractivity contribution is -0.384. The van der Waals surface area contributed by atoms with Crippen LogP contribution in [-0.2, 0) is 21.2 Å². The first-order chi connectivity index (χ1) is 28.0. The first-order valence-electron chi connectivity index (χ1n) is 19.5. The third-order valence-electron chi connectivity index (χ3n) is 10.7. The lowest BCUT2D eigenvalue weighted by Crippen LogP contribution is -2.47. The van der Waals surface area contributed by atoms with Crippen LogP contribution in [0.4, 0.5) is 22.9 Å². The minimum absolute atomic E-state index is 0.0864. The molecule has 300 valence electrons. The second kappa shape index (κ2) is 18.0. The van der Waals surface area contributed by atoms with Crippen LogP contribution < -0.4 is 14.9 Å². The maximum absolute atomic E-state index is 13.8. The molecule has 1 atom stereocenters. The van der Waals surface area contributed by atoms with Crippen LogP contribution in [0.5, 0.6) is 0 Å². The van der Waals surface area contributed by atoms with Crippen molar-refractivity contribution in [2.75, 3.05) is 40.9 Å². The Kier molecular flexibility index (Phi) is 12.6. The Hall–Kier alpha value is -5.50. The van der Waals surface area contributed by atoms with Gasteiger partial charge in [0, 0.05) is 60.5 Å². The number of nitro benzene ring substituents is 1. The summed E-state index contributed by atoms with van der Waals surface area (Å²) in [6.45, 7) is 5.74. The zero-order valence-electron chi connectivity index (χ0n) is 32.9. The molecule has 1 saturated heterocycles. The summed E-state index contributed by atoms with van der Waals surface area (Å²) >= 11 is 1.66. The van der Waals surface area contributed by atoms with Gasteiger partial charge in [0.05, 0.1) is 20.9 Å². The first kappa shape index (κ1) is 40.7. The van der Waals surface area contributed by atoms with Gasteiger partial charge in [0.1, 0.15) is 12.0 Å². The van der Waals surface area contributed by atoms with Crippen LogP contribution in [0, 0.1) is 16.0 Å². The molecule has 11 nitrogen and oxygen atoms in total. The number of thioether (sulfide) groups is 1. The van der Waals surface area contributed by atoms with E-state index in [1.165, 1.54) is 35.2 Å². The summed E-state index contributed by atoms with van der Waals surface area (Å²) in [6.07, 6.45) is 4.54. The van der Waals surface area contributed by atoms with Gasteiger partial charge in [-0.3, -0.25) is 14.8 Å². The Morgan fingerprint density at radius 2 is 1.60 bits per heavy atom. The minimum Gasteiger partial charge on any atom is -0.378 e. The maximum atomic E-state index is 13.8. The summed E-state index contributed by atoms with van der Waals surface area (Å²) in [7, 11) is -2.46. The van der Waals surface area contributed by atoms with Crippen molar-refractivity contribution in [2.45, 2.75) is 61.0 Å². The molecule has 0 spiro atoms. The van der Waals surface area contributed by atoms with E-state index in [1.807, 2.05) is 54.6 Å². The SMILES string of the molecule is COC1(Cc2ccccc2-c2ccccc2)CCN(c2ccc3c(NS(=O)(=O)c4ccc(NC(CSc5ccccc5)CC(C)C)c([N+](=O)[O-])c4)ncnc3c2)CC1. The van der Waals surface area contributed by atoms with E-state index >= 15 is 0 Å². The number of hydrogen-bond donors (Lipinski definition) is 2. The number of nitro groups is 1. The van der Waals surface area contributed by atoms with Gasteiger partial charge in [-0.05, 0) is 84.3 Å². The van der Waals surface area contributed by atoms with Crippen molar-refractivity contribution >= 4 is 55.6 Å². The van der Waals surface area contributed by atoms with Crippen molar-refractivity contribution in [3.8, 4) is 11.1 Å². The number of nitrogens with one attached hydrogen (secondary N) is 2. The van der Waals surface area contributed by atoms with E-state index in [2.05, 4.69) is 87.3 Å². The highest BCUT2D eigenvalue weighted by atomic mass is 32.2. The van der Waals surface area contributed by atoms with Crippen molar-refractivity contribution < 1.29 is 18.1 Å². The molecule has 0 radical (unpaired) electrons. The molecule has 6 aromatic rings. The van der Waals surface area contributed by atoms with Gasteiger partial charge in [0.2, 0.25) is 0 Å². The normalized spacial score (nSPS) is 14.7. The number of aromatic nitrogens is 2. The molecule has 1 unspecified atom stereocenters. The van der Waals surface area contributed by atoms with Crippen LogP contribution >= 0.6 is 11.8 Å². The zero-order valence-corrected chi connectivity index (χ0v) is 34.5. The number of piperidine rings is 1. The second-order valence-electron chi connectivity index (χ2n) is 15.1. The summed E-state index contributed by atoms with van der Waals surface area (Å²) < 4.78 is 36.3. The molecule has 58 heavy (non-hydrogen) atoms. The number of ether oxygens (including phenoxy) is 1. The zero-order chi connectivity index (χ0) is 40.7. The topological polar surface area (TPSA) is 140 Å². The minimum atomic E-state index is -4.27. The number of sulfonamides is 1. The van der Waals surface area contributed by atoms with Crippen LogP contribution in [0.25, 0.3) is 22.0 Å². The number of rotatable bonds is 16. The van der Waals surface area contributed by atoms with Crippen LogP contribution in [0.3, 0.4) is 0 Å².